The SMILES string of the molecule is C=CCn1c(SC(C)C(=O)Nc2cccc3ncccc23)nnc1-c1ccccc1. The first-order valence-electron chi connectivity index (χ1n) is 9.58. The zero-order valence-corrected chi connectivity index (χ0v) is 17.3. The lowest BCUT2D eigenvalue weighted by Crippen LogP contribution is -2.23. The monoisotopic (exact) mass is 415 g/mol. The number of allylic oxidation sites excluding steroid dienone is 1. The third-order valence-corrected chi connectivity index (χ3v) is 5.70. The molecule has 1 unspecified atom stereocenters. The van der Waals surface area contributed by atoms with E-state index >= 15 is 0 Å². The number of rotatable bonds is 7. The van der Waals surface area contributed by atoms with Crippen LogP contribution in [0.15, 0.2) is 84.7 Å². The molecule has 2 aromatic carbocycles. The van der Waals surface area contributed by atoms with Crippen LogP contribution in [0.25, 0.3) is 22.3 Å². The van der Waals surface area contributed by atoms with Gasteiger partial charge in [-0.2, -0.15) is 0 Å². The van der Waals surface area contributed by atoms with E-state index in [0.29, 0.717) is 11.7 Å². The third kappa shape index (κ3) is 4.11. The van der Waals surface area contributed by atoms with Crippen molar-refractivity contribution in [2.75, 3.05) is 5.32 Å². The zero-order chi connectivity index (χ0) is 20.9. The highest BCUT2D eigenvalue weighted by Gasteiger charge is 2.21. The van der Waals surface area contributed by atoms with Crippen molar-refractivity contribution in [2.24, 2.45) is 0 Å². The van der Waals surface area contributed by atoms with Crippen LogP contribution in [0.3, 0.4) is 0 Å². The number of hydrogen-bond donors (Lipinski definition) is 1. The van der Waals surface area contributed by atoms with Crippen molar-refractivity contribution in [3.8, 4) is 11.4 Å². The molecule has 0 bridgehead atoms. The predicted molar refractivity (Wildman–Crippen MR) is 121 cm³/mol. The van der Waals surface area contributed by atoms with Gasteiger partial charge in [0.2, 0.25) is 5.91 Å². The Morgan fingerprint density at radius 3 is 2.77 bits per heavy atom. The maximum absolute atomic E-state index is 12.9. The molecule has 4 aromatic rings. The molecular formula is C23H21N5OS. The van der Waals surface area contributed by atoms with Gasteiger partial charge in [-0.25, -0.2) is 0 Å². The smallest absolute Gasteiger partial charge is 0.237 e. The van der Waals surface area contributed by atoms with Crippen LogP contribution in [0.5, 0.6) is 0 Å². The van der Waals surface area contributed by atoms with Gasteiger partial charge in [0.15, 0.2) is 11.0 Å². The summed E-state index contributed by atoms with van der Waals surface area (Å²) in [5.74, 6) is 0.650. The fraction of sp³-hybridized carbons (Fsp3) is 0.130. The van der Waals surface area contributed by atoms with Gasteiger partial charge in [0.05, 0.1) is 16.5 Å². The van der Waals surface area contributed by atoms with Crippen LogP contribution in [0.1, 0.15) is 6.92 Å². The highest BCUT2D eigenvalue weighted by atomic mass is 32.2. The molecule has 6 nitrogen and oxygen atoms in total. The Bertz CT molecular complexity index is 1180. The van der Waals surface area contributed by atoms with E-state index in [4.69, 9.17) is 0 Å². The summed E-state index contributed by atoms with van der Waals surface area (Å²) in [6, 6.07) is 19.4. The largest absolute Gasteiger partial charge is 0.324 e. The molecule has 0 aliphatic carbocycles. The second-order valence-corrected chi connectivity index (χ2v) is 8.00. The van der Waals surface area contributed by atoms with Gasteiger partial charge in [-0.3, -0.25) is 14.3 Å². The van der Waals surface area contributed by atoms with Gasteiger partial charge in [0, 0.05) is 23.7 Å². The van der Waals surface area contributed by atoms with Crippen molar-refractivity contribution in [1.82, 2.24) is 19.7 Å². The number of thioether (sulfide) groups is 1. The normalized spacial score (nSPS) is 11.9. The molecule has 7 heteroatoms. The van der Waals surface area contributed by atoms with Gasteiger partial charge >= 0.3 is 0 Å². The van der Waals surface area contributed by atoms with E-state index in [1.807, 2.05) is 72.2 Å². The Kier molecular flexibility index (Phi) is 5.90. The fourth-order valence-electron chi connectivity index (χ4n) is 3.13. The summed E-state index contributed by atoms with van der Waals surface area (Å²) >= 11 is 1.37. The van der Waals surface area contributed by atoms with Crippen molar-refractivity contribution in [3.63, 3.8) is 0 Å². The number of fused-ring (bicyclic) bond motifs is 1. The van der Waals surface area contributed by atoms with Gasteiger partial charge in [0.25, 0.3) is 0 Å². The lowest BCUT2D eigenvalue weighted by atomic mass is 10.2. The summed E-state index contributed by atoms with van der Waals surface area (Å²) in [5, 5.41) is 12.9. The number of pyridine rings is 1. The molecule has 150 valence electrons. The molecule has 0 aliphatic heterocycles. The van der Waals surface area contributed by atoms with E-state index in [1.165, 1.54) is 11.8 Å². The third-order valence-electron chi connectivity index (χ3n) is 4.62. The molecule has 0 aliphatic rings. The average Bonchev–Trinajstić information content (AvgIpc) is 3.17. The number of hydrogen-bond acceptors (Lipinski definition) is 5. The minimum atomic E-state index is -0.367. The first kappa shape index (κ1) is 19.8. The van der Waals surface area contributed by atoms with Crippen LogP contribution >= 0.6 is 11.8 Å². The maximum Gasteiger partial charge on any atom is 0.237 e. The van der Waals surface area contributed by atoms with Gasteiger partial charge in [-0.15, -0.1) is 16.8 Å². The van der Waals surface area contributed by atoms with E-state index in [9.17, 15) is 4.79 Å². The number of carbonyl (C=O) groups is 1. The topological polar surface area (TPSA) is 72.7 Å². The Morgan fingerprint density at radius 1 is 1.13 bits per heavy atom. The van der Waals surface area contributed by atoms with E-state index in [0.717, 1.165) is 28.0 Å². The first-order valence-corrected chi connectivity index (χ1v) is 10.5. The van der Waals surface area contributed by atoms with Crippen LogP contribution < -0.4 is 5.32 Å². The summed E-state index contributed by atoms with van der Waals surface area (Å²) < 4.78 is 1.97. The average molecular weight is 416 g/mol. The Labute approximate surface area is 179 Å². The first-order chi connectivity index (χ1) is 14.7. The quantitative estimate of drug-likeness (QED) is 0.347. The molecule has 30 heavy (non-hydrogen) atoms. The molecule has 2 heterocycles. The Morgan fingerprint density at radius 2 is 1.97 bits per heavy atom. The molecule has 0 radical (unpaired) electrons. The molecule has 2 aromatic heterocycles. The van der Waals surface area contributed by atoms with Crippen LogP contribution in [0.4, 0.5) is 5.69 Å². The molecule has 0 saturated carbocycles. The highest BCUT2D eigenvalue weighted by Crippen LogP contribution is 2.28. The summed E-state index contributed by atoms with van der Waals surface area (Å²) in [5.41, 5.74) is 2.56. The summed E-state index contributed by atoms with van der Waals surface area (Å²) in [4.78, 5) is 17.2. The second kappa shape index (κ2) is 8.92. The number of nitrogens with one attached hydrogen (secondary N) is 1. The minimum absolute atomic E-state index is 0.106. The van der Waals surface area contributed by atoms with Crippen LogP contribution in [0.2, 0.25) is 0 Å². The minimum Gasteiger partial charge on any atom is -0.324 e. The summed E-state index contributed by atoms with van der Waals surface area (Å²) in [6.07, 6.45) is 3.54. The van der Waals surface area contributed by atoms with Gasteiger partial charge in [-0.1, -0.05) is 54.2 Å². The van der Waals surface area contributed by atoms with Crippen molar-refractivity contribution in [2.45, 2.75) is 23.9 Å². The van der Waals surface area contributed by atoms with E-state index < -0.39 is 0 Å². The molecule has 1 amide bonds. The molecule has 0 fully saturated rings. The standard InChI is InChI=1S/C23H21N5OS/c1-3-15-28-21(17-9-5-4-6-10-17)26-27-23(28)30-16(2)22(29)25-20-13-7-12-19-18(20)11-8-14-24-19/h3-14,16H,1,15H2,2H3,(H,25,29). The molecule has 0 saturated heterocycles. The molecule has 1 N–H and O–H groups in total. The number of nitrogens with zero attached hydrogens (tertiary/aromatic N) is 4. The van der Waals surface area contributed by atoms with Crippen LogP contribution in [0, 0.1) is 0 Å². The van der Waals surface area contributed by atoms with Crippen molar-refractivity contribution < 1.29 is 4.79 Å². The van der Waals surface area contributed by atoms with Gasteiger partial charge in [-0.05, 0) is 31.2 Å². The highest BCUT2D eigenvalue weighted by molar-refractivity contribution is 8.00. The molecule has 1 atom stereocenters. The molecule has 4 rings (SSSR count). The van der Waals surface area contributed by atoms with Crippen molar-refractivity contribution in [1.29, 1.82) is 0 Å². The number of carbonyl (C=O) groups excluding carboxylic acids is 1. The van der Waals surface area contributed by atoms with E-state index in [-0.39, 0.29) is 11.2 Å². The number of aromatic nitrogens is 4. The van der Waals surface area contributed by atoms with E-state index in [2.05, 4.69) is 27.1 Å². The second-order valence-electron chi connectivity index (χ2n) is 6.70. The number of benzene rings is 2. The Balaban J connectivity index is 1.55. The number of anilines is 1. The lowest BCUT2D eigenvalue weighted by Gasteiger charge is -2.14. The fourth-order valence-corrected chi connectivity index (χ4v) is 3.99. The number of amides is 1. The van der Waals surface area contributed by atoms with Gasteiger partial charge < -0.3 is 5.32 Å². The summed E-state index contributed by atoms with van der Waals surface area (Å²) in [7, 11) is 0. The summed E-state index contributed by atoms with van der Waals surface area (Å²) in [6.45, 7) is 6.26. The maximum atomic E-state index is 12.9. The predicted octanol–water partition coefficient (Wildman–Crippen LogP) is 4.80. The van der Waals surface area contributed by atoms with E-state index in [1.54, 1.807) is 12.3 Å². The molecule has 0 spiro atoms. The molecular weight excluding hydrogens is 394 g/mol. The van der Waals surface area contributed by atoms with Crippen LogP contribution in [-0.4, -0.2) is 30.9 Å². The van der Waals surface area contributed by atoms with Crippen molar-refractivity contribution >= 4 is 34.3 Å². The van der Waals surface area contributed by atoms with Crippen LogP contribution in [-0.2, 0) is 11.3 Å². The van der Waals surface area contributed by atoms with Gasteiger partial charge in [0.1, 0.15) is 0 Å². The zero-order valence-electron chi connectivity index (χ0n) is 16.5. The lowest BCUT2D eigenvalue weighted by molar-refractivity contribution is -0.115. The Hall–Kier alpha value is -3.45. The van der Waals surface area contributed by atoms with Crippen molar-refractivity contribution in [3.05, 3.63) is 79.5 Å².